The van der Waals surface area contributed by atoms with E-state index in [1.807, 2.05) is 24.3 Å². The van der Waals surface area contributed by atoms with Gasteiger partial charge in [-0.15, -0.1) is 0 Å². The fourth-order valence-corrected chi connectivity index (χ4v) is 3.84. The second-order valence-electron chi connectivity index (χ2n) is 8.32. The Balaban J connectivity index is 1.66. The molecule has 0 fully saturated rings. The van der Waals surface area contributed by atoms with E-state index in [1.165, 1.54) is 19.4 Å². The van der Waals surface area contributed by atoms with E-state index in [-0.39, 0.29) is 18.6 Å². The molecule has 4 unspecified atom stereocenters. The first-order valence-electron chi connectivity index (χ1n) is 11.2. The standard InChI is InChI=1S/C23H29N7O5S/c1-12(20(31)30-19(10-36)23(34)35)28-22(33)18(7-14-9-25-11-27-14)29-21(32)16(24)6-13-8-26-17-5-3-2-4-15(13)17/h2-5,8-9,11-12,16,18-19,26,36H,6-7,10,24H2,1H3,(H,25,27)(H,28,33)(H,29,32)(H,30,31)(H,34,35). The number of aromatic nitrogens is 3. The van der Waals surface area contributed by atoms with Crippen LogP contribution in [0.4, 0.5) is 0 Å². The molecule has 2 aromatic heterocycles. The Bertz CT molecular complexity index is 1210. The minimum Gasteiger partial charge on any atom is -0.480 e. The summed E-state index contributed by atoms with van der Waals surface area (Å²) in [5, 5.41) is 17.5. The fourth-order valence-electron chi connectivity index (χ4n) is 3.60. The molecule has 8 N–H and O–H groups in total. The molecule has 0 spiro atoms. The van der Waals surface area contributed by atoms with E-state index >= 15 is 0 Å². The van der Waals surface area contributed by atoms with Gasteiger partial charge in [0.05, 0.1) is 12.4 Å². The number of H-pyrrole nitrogens is 2. The number of nitrogens with zero attached hydrogens (tertiary/aromatic N) is 1. The van der Waals surface area contributed by atoms with Crippen molar-refractivity contribution in [2.24, 2.45) is 5.73 Å². The number of hydrogen-bond acceptors (Lipinski definition) is 7. The first-order chi connectivity index (χ1) is 17.2. The predicted molar refractivity (Wildman–Crippen MR) is 135 cm³/mol. The molecule has 0 bridgehead atoms. The van der Waals surface area contributed by atoms with Gasteiger partial charge in [0.2, 0.25) is 17.7 Å². The van der Waals surface area contributed by atoms with Crippen molar-refractivity contribution in [3.63, 3.8) is 0 Å². The largest absolute Gasteiger partial charge is 0.480 e. The van der Waals surface area contributed by atoms with Crippen LogP contribution in [-0.4, -0.2) is 73.7 Å². The first-order valence-corrected chi connectivity index (χ1v) is 11.9. The number of carbonyl (C=O) groups excluding carboxylic acids is 3. The molecule has 192 valence electrons. The van der Waals surface area contributed by atoms with Gasteiger partial charge in [0.1, 0.15) is 18.1 Å². The summed E-state index contributed by atoms with van der Waals surface area (Å²) in [4.78, 5) is 59.4. The van der Waals surface area contributed by atoms with E-state index in [1.54, 1.807) is 6.20 Å². The van der Waals surface area contributed by atoms with Crippen molar-refractivity contribution in [3.8, 4) is 0 Å². The third-order valence-corrected chi connectivity index (χ3v) is 5.98. The number of para-hydroxylation sites is 1. The summed E-state index contributed by atoms with van der Waals surface area (Å²) >= 11 is 3.90. The van der Waals surface area contributed by atoms with Gasteiger partial charge in [0.15, 0.2) is 0 Å². The Labute approximate surface area is 212 Å². The van der Waals surface area contributed by atoms with Gasteiger partial charge in [-0.05, 0) is 25.0 Å². The Morgan fingerprint density at radius 1 is 1.03 bits per heavy atom. The van der Waals surface area contributed by atoms with Crippen molar-refractivity contribution in [1.82, 2.24) is 30.9 Å². The van der Waals surface area contributed by atoms with Crippen molar-refractivity contribution < 1.29 is 24.3 Å². The third kappa shape index (κ3) is 6.86. The van der Waals surface area contributed by atoms with Crippen LogP contribution in [0.2, 0.25) is 0 Å². The van der Waals surface area contributed by atoms with Gasteiger partial charge in [-0.3, -0.25) is 14.4 Å². The van der Waals surface area contributed by atoms with Crippen molar-refractivity contribution >= 4 is 47.2 Å². The Kier molecular flexibility index (Phi) is 9.08. The molecule has 4 atom stereocenters. The molecular formula is C23H29N7O5S. The molecule has 0 aliphatic heterocycles. The second kappa shape index (κ2) is 12.2. The third-order valence-electron chi connectivity index (χ3n) is 5.61. The maximum Gasteiger partial charge on any atom is 0.327 e. The van der Waals surface area contributed by atoms with Crippen LogP contribution in [-0.2, 0) is 32.0 Å². The summed E-state index contributed by atoms with van der Waals surface area (Å²) in [5.41, 5.74) is 8.54. The lowest BCUT2D eigenvalue weighted by Gasteiger charge is -2.23. The van der Waals surface area contributed by atoms with Crippen LogP contribution in [0.1, 0.15) is 18.2 Å². The molecule has 0 aliphatic rings. The van der Waals surface area contributed by atoms with E-state index in [4.69, 9.17) is 10.8 Å². The van der Waals surface area contributed by atoms with E-state index in [0.717, 1.165) is 16.5 Å². The lowest BCUT2D eigenvalue weighted by Crippen LogP contribution is -2.57. The zero-order valence-corrected chi connectivity index (χ0v) is 20.4. The van der Waals surface area contributed by atoms with Crippen LogP contribution >= 0.6 is 12.6 Å². The number of nitrogens with two attached hydrogens (primary N) is 1. The van der Waals surface area contributed by atoms with E-state index in [2.05, 4.69) is 43.5 Å². The SMILES string of the molecule is CC(NC(=O)C(Cc1cnc[nH]1)NC(=O)C(N)Cc1c[nH]c2ccccc12)C(=O)NC(CS)C(=O)O. The number of aromatic amines is 2. The van der Waals surface area contributed by atoms with Gasteiger partial charge in [-0.1, -0.05) is 18.2 Å². The van der Waals surface area contributed by atoms with Crippen molar-refractivity contribution in [1.29, 1.82) is 0 Å². The highest BCUT2D eigenvalue weighted by atomic mass is 32.1. The molecule has 0 saturated heterocycles. The number of aliphatic carboxylic acids is 1. The van der Waals surface area contributed by atoms with Gasteiger partial charge in [0, 0.05) is 41.2 Å². The average Bonchev–Trinajstić information content (AvgIpc) is 3.51. The number of carbonyl (C=O) groups is 4. The molecule has 2 heterocycles. The van der Waals surface area contributed by atoms with Crippen molar-refractivity contribution in [2.45, 2.75) is 43.9 Å². The highest BCUT2D eigenvalue weighted by Gasteiger charge is 2.28. The molecule has 0 radical (unpaired) electrons. The molecule has 13 heteroatoms. The molecule has 3 rings (SSSR count). The van der Waals surface area contributed by atoms with Gasteiger partial charge in [-0.25, -0.2) is 9.78 Å². The Morgan fingerprint density at radius 3 is 2.42 bits per heavy atom. The minimum atomic E-state index is -1.24. The van der Waals surface area contributed by atoms with Gasteiger partial charge < -0.3 is 36.8 Å². The number of imidazole rings is 1. The molecule has 3 amide bonds. The fraction of sp³-hybridized carbons (Fsp3) is 0.348. The van der Waals surface area contributed by atoms with Crippen molar-refractivity contribution in [2.75, 3.05) is 5.75 Å². The zero-order chi connectivity index (χ0) is 26.2. The van der Waals surface area contributed by atoms with E-state index < -0.39 is 47.9 Å². The van der Waals surface area contributed by atoms with Crippen LogP contribution in [0, 0.1) is 0 Å². The average molecular weight is 516 g/mol. The maximum atomic E-state index is 13.0. The number of rotatable bonds is 12. The minimum absolute atomic E-state index is 0.0696. The lowest BCUT2D eigenvalue weighted by molar-refractivity contribution is -0.141. The number of nitrogens with one attached hydrogen (secondary N) is 5. The summed E-state index contributed by atoms with van der Waals surface area (Å²) < 4.78 is 0. The number of thiol groups is 1. The quantitative estimate of drug-likeness (QED) is 0.149. The molecule has 1 aromatic carbocycles. The lowest BCUT2D eigenvalue weighted by atomic mass is 10.0. The number of carboxylic acids is 1. The number of carboxylic acid groups (broad SMARTS) is 1. The summed E-state index contributed by atoms with van der Waals surface area (Å²) in [7, 11) is 0. The zero-order valence-electron chi connectivity index (χ0n) is 19.5. The predicted octanol–water partition coefficient (Wildman–Crippen LogP) is -0.508. The topological polar surface area (TPSA) is 195 Å². The highest BCUT2D eigenvalue weighted by Crippen LogP contribution is 2.18. The van der Waals surface area contributed by atoms with Crippen LogP contribution < -0.4 is 21.7 Å². The second-order valence-corrected chi connectivity index (χ2v) is 8.69. The Morgan fingerprint density at radius 2 is 1.75 bits per heavy atom. The summed E-state index contributed by atoms with van der Waals surface area (Å²) in [6.07, 6.45) is 5.06. The van der Waals surface area contributed by atoms with Crippen LogP contribution in [0.15, 0.2) is 43.0 Å². The van der Waals surface area contributed by atoms with Gasteiger partial charge in [0.25, 0.3) is 0 Å². The number of hydrogen-bond donors (Lipinski definition) is 8. The van der Waals surface area contributed by atoms with Crippen LogP contribution in [0.25, 0.3) is 10.9 Å². The Hall–Kier alpha value is -3.84. The molecule has 3 aromatic rings. The normalized spacial score (nSPS) is 14.4. The molecule has 0 aliphatic carbocycles. The number of amides is 3. The molecular weight excluding hydrogens is 486 g/mol. The summed E-state index contributed by atoms with van der Waals surface area (Å²) in [6.45, 7) is 1.41. The number of fused-ring (bicyclic) bond motifs is 1. The summed E-state index contributed by atoms with van der Waals surface area (Å²) in [6, 6.07) is 3.36. The smallest absolute Gasteiger partial charge is 0.327 e. The maximum absolute atomic E-state index is 13.0. The molecule has 36 heavy (non-hydrogen) atoms. The highest BCUT2D eigenvalue weighted by molar-refractivity contribution is 7.80. The first kappa shape index (κ1) is 26.8. The molecule has 12 nitrogen and oxygen atoms in total. The molecule has 0 saturated carbocycles. The van der Waals surface area contributed by atoms with Gasteiger partial charge in [-0.2, -0.15) is 12.6 Å². The van der Waals surface area contributed by atoms with Crippen molar-refractivity contribution in [3.05, 3.63) is 54.2 Å². The van der Waals surface area contributed by atoms with Crippen LogP contribution in [0.5, 0.6) is 0 Å². The van der Waals surface area contributed by atoms with E-state index in [0.29, 0.717) is 5.69 Å². The number of benzene rings is 1. The van der Waals surface area contributed by atoms with E-state index in [9.17, 15) is 19.2 Å². The van der Waals surface area contributed by atoms with Crippen LogP contribution in [0.3, 0.4) is 0 Å². The summed E-state index contributed by atoms with van der Waals surface area (Å²) in [5.74, 6) is -3.25. The van der Waals surface area contributed by atoms with Gasteiger partial charge >= 0.3 is 5.97 Å². The monoisotopic (exact) mass is 515 g/mol.